The fourth-order valence-electron chi connectivity index (χ4n) is 5.22. The average molecular weight is 544 g/mol. The fourth-order valence-corrected chi connectivity index (χ4v) is 5.78. The molecule has 5 rings (SSSR count). The van der Waals surface area contributed by atoms with Gasteiger partial charge in [0.15, 0.2) is 5.11 Å². The van der Waals surface area contributed by atoms with Crippen molar-refractivity contribution >= 4 is 46.2 Å². The van der Waals surface area contributed by atoms with Crippen LogP contribution in [0.25, 0.3) is 5.69 Å². The van der Waals surface area contributed by atoms with Crippen LogP contribution in [0.2, 0.25) is 5.02 Å². The molecule has 2 atom stereocenters. The monoisotopic (exact) mass is 543 g/mol. The molecule has 2 aromatic heterocycles. The summed E-state index contributed by atoms with van der Waals surface area (Å²) in [6.07, 6.45) is 2.23. The van der Waals surface area contributed by atoms with Gasteiger partial charge in [-0.3, -0.25) is 9.78 Å². The number of hydrogen-bond donors (Lipinski definition) is 2. The van der Waals surface area contributed by atoms with Crippen molar-refractivity contribution in [3.05, 3.63) is 106 Å². The number of para-hydroxylation sites is 1. The maximum atomic E-state index is 12.0. The topological polar surface area (TPSA) is 62.2 Å². The number of hydrogen-bond acceptors (Lipinski definition) is 3. The third-order valence-corrected chi connectivity index (χ3v) is 7.70. The third kappa shape index (κ3) is 4.68. The van der Waals surface area contributed by atoms with Crippen molar-refractivity contribution in [1.29, 1.82) is 0 Å². The summed E-state index contributed by atoms with van der Waals surface area (Å²) in [5.74, 6) is -0.0145. The first-order valence-electron chi connectivity index (χ1n) is 12.6. The zero-order valence-corrected chi connectivity index (χ0v) is 23.4. The van der Waals surface area contributed by atoms with Gasteiger partial charge in [-0.2, -0.15) is 0 Å². The Bertz CT molecular complexity index is 1520. The van der Waals surface area contributed by atoms with E-state index in [1.807, 2.05) is 74.6 Å². The Morgan fingerprint density at radius 3 is 2.53 bits per heavy atom. The molecule has 0 radical (unpaired) electrons. The van der Waals surface area contributed by atoms with Crippen LogP contribution in [0.4, 0.5) is 11.4 Å². The second-order valence-electron chi connectivity index (χ2n) is 9.51. The number of carbonyl (C=O) groups excluding carboxylic acids is 1. The van der Waals surface area contributed by atoms with Gasteiger partial charge in [0.25, 0.3) is 0 Å². The highest BCUT2D eigenvalue weighted by molar-refractivity contribution is 7.80. The number of aromatic nitrogens is 2. The van der Waals surface area contributed by atoms with Crippen LogP contribution in [-0.2, 0) is 4.79 Å². The number of benzene rings is 2. The van der Waals surface area contributed by atoms with E-state index in [4.69, 9.17) is 23.8 Å². The number of halogens is 1. The minimum Gasteiger partial charge on any atom is -0.351 e. The Kier molecular flexibility index (Phi) is 7.23. The van der Waals surface area contributed by atoms with Crippen LogP contribution in [-0.4, -0.2) is 20.6 Å². The molecule has 0 spiro atoms. The predicted molar refractivity (Wildman–Crippen MR) is 158 cm³/mol. The Morgan fingerprint density at radius 2 is 1.84 bits per heavy atom. The molecule has 1 fully saturated rings. The number of aryl methyl sites for hydroxylation is 2. The van der Waals surface area contributed by atoms with Gasteiger partial charge >= 0.3 is 0 Å². The number of carbonyl (C=O) groups is 1. The van der Waals surface area contributed by atoms with Gasteiger partial charge in [0.05, 0.1) is 28.5 Å². The standard InChI is InChI=1S/C30H30ClN5OS/c1-5-27(37)33-24-14-13-21(16-18(24)2)36-29(28(34-30(36)38)25-11-8-9-15-32-25)22-17-19(3)35(20(22)4)26-12-7-6-10-23(26)31/h6-17,28-29H,5H2,1-4H3,(H,33,37)(H,34,38)/t28-,29-/m0/s1. The smallest absolute Gasteiger partial charge is 0.224 e. The Hall–Kier alpha value is -3.68. The lowest BCUT2D eigenvalue weighted by Crippen LogP contribution is -2.29. The van der Waals surface area contributed by atoms with E-state index in [1.54, 1.807) is 0 Å². The molecule has 1 saturated heterocycles. The van der Waals surface area contributed by atoms with E-state index < -0.39 is 0 Å². The maximum Gasteiger partial charge on any atom is 0.224 e. The third-order valence-electron chi connectivity index (χ3n) is 7.06. The van der Waals surface area contributed by atoms with E-state index >= 15 is 0 Å². The summed E-state index contributed by atoms with van der Waals surface area (Å²) in [7, 11) is 0. The molecule has 0 aliphatic carbocycles. The molecule has 1 aliphatic rings. The maximum absolute atomic E-state index is 12.0. The van der Waals surface area contributed by atoms with Crippen LogP contribution >= 0.6 is 23.8 Å². The van der Waals surface area contributed by atoms with Crippen LogP contribution in [0.3, 0.4) is 0 Å². The highest BCUT2D eigenvalue weighted by Gasteiger charge is 2.42. The van der Waals surface area contributed by atoms with Gasteiger partial charge < -0.3 is 20.1 Å². The number of rotatable bonds is 6. The highest BCUT2D eigenvalue weighted by Crippen LogP contribution is 2.44. The van der Waals surface area contributed by atoms with Crippen molar-refractivity contribution in [3.8, 4) is 5.69 Å². The number of pyridine rings is 1. The number of thiocarbonyl (C=S) groups is 1. The van der Waals surface area contributed by atoms with E-state index in [2.05, 4.69) is 51.1 Å². The summed E-state index contributed by atoms with van der Waals surface area (Å²) in [6.45, 7) is 8.05. The normalized spacial score (nSPS) is 17.0. The second kappa shape index (κ2) is 10.6. The Balaban J connectivity index is 1.64. The minimum absolute atomic E-state index is 0.0145. The summed E-state index contributed by atoms with van der Waals surface area (Å²) in [5, 5.41) is 7.83. The van der Waals surface area contributed by atoms with Crippen molar-refractivity contribution in [1.82, 2.24) is 14.9 Å². The van der Waals surface area contributed by atoms with E-state index in [1.165, 1.54) is 0 Å². The average Bonchev–Trinajstić information content (AvgIpc) is 3.41. The lowest BCUT2D eigenvalue weighted by molar-refractivity contribution is -0.115. The molecule has 2 N–H and O–H groups in total. The molecule has 0 bridgehead atoms. The molecular weight excluding hydrogens is 514 g/mol. The van der Waals surface area contributed by atoms with Gasteiger partial charge in [-0.1, -0.05) is 36.7 Å². The number of nitrogens with one attached hydrogen (secondary N) is 2. The van der Waals surface area contributed by atoms with Gasteiger partial charge in [-0.25, -0.2) is 0 Å². The van der Waals surface area contributed by atoms with E-state index in [0.29, 0.717) is 16.6 Å². The van der Waals surface area contributed by atoms with Crippen LogP contribution in [0.1, 0.15) is 53.6 Å². The van der Waals surface area contributed by atoms with E-state index in [-0.39, 0.29) is 18.0 Å². The molecule has 8 heteroatoms. The van der Waals surface area contributed by atoms with Crippen LogP contribution in [0, 0.1) is 20.8 Å². The molecule has 6 nitrogen and oxygen atoms in total. The molecule has 3 heterocycles. The molecule has 4 aromatic rings. The Morgan fingerprint density at radius 1 is 1.08 bits per heavy atom. The van der Waals surface area contributed by atoms with Crippen molar-refractivity contribution in [3.63, 3.8) is 0 Å². The molecule has 1 aliphatic heterocycles. The summed E-state index contributed by atoms with van der Waals surface area (Å²) in [5.41, 5.74) is 7.86. The van der Waals surface area contributed by atoms with Crippen molar-refractivity contribution in [2.45, 2.75) is 46.2 Å². The molecular formula is C30H30ClN5OS. The molecule has 38 heavy (non-hydrogen) atoms. The zero-order valence-electron chi connectivity index (χ0n) is 21.8. The van der Waals surface area contributed by atoms with E-state index in [0.717, 1.165) is 45.3 Å². The molecule has 0 saturated carbocycles. The second-order valence-corrected chi connectivity index (χ2v) is 10.3. The summed E-state index contributed by atoms with van der Waals surface area (Å²) >= 11 is 12.5. The molecule has 2 aromatic carbocycles. The minimum atomic E-state index is -0.163. The van der Waals surface area contributed by atoms with Crippen LogP contribution in [0.15, 0.2) is 72.9 Å². The Labute approximate surface area is 233 Å². The van der Waals surface area contributed by atoms with Crippen molar-refractivity contribution in [2.24, 2.45) is 0 Å². The van der Waals surface area contributed by atoms with Crippen LogP contribution in [0.5, 0.6) is 0 Å². The highest BCUT2D eigenvalue weighted by atomic mass is 35.5. The van der Waals surface area contributed by atoms with Gasteiger partial charge in [-0.05, 0) is 92.6 Å². The predicted octanol–water partition coefficient (Wildman–Crippen LogP) is 6.98. The molecule has 0 unspecified atom stereocenters. The number of amides is 1. The molecule has 1 amide bonds. The first-order valence-corrected chi connectivity index (χ1v) is 13.4. The quantitative estimate of drug-likeness (QED) is 0.257. The number of anilines is 2. The first-order chi connectivity index (χ1) is 18.3. The van der Waals surface area contributed by atoms with Gasteiger partial charge in [-0.15, -0.1) is 0 Å². The zero-order chi connectivity index (χ0) is 27.0. The fraction of sp³-hybridized carbons (Fsp3) is 0.233. The van der Waals surface area contributed by atoms with Gasteiger partial charge in [0, 0.05) is 35.4 Å². The number of nitrogens with zero attached hydrogens (tertiary/aromatic N) is 3. The summed E-state index contributed by atoms with van der Waals surface area (Å²) in [6, 6.07) is 21.7. The van der Waals surface area contributed by atoms with Crippen LogP contribution < -0.4 is 15.5 Å². The lowest BCUT2D eigenvalue weighted by Gasteiger charge is -2.29. The largest absolute Gasteiger partial charge is 0.351 e. The summed E-state index contributed by atoms with van der Waals surface area (Å²) < 4.78 is 2.20. The van der Waals surface area contributed by atoms with Gasteiger partial charge in [0.2, 0.25) is 5.91 Å². The van der Waals surface area contributed by atoms with E-state index in [9.17, 15) is 4.79 Å². The van der Waals surface area contributed by atoms with Gasteiger partial charge in [0.1, 0.15) is 0 Å². The first kappa shape index (κ1) is 25.9. The lowest BCUT2D eigenvalue weighted by atomic mass is 9.96. The van der Waals surface area contributed by atoms with Crippen molar-refractivity contribution in [2.75, 3.05) is 10.2 Å². The summed E-state index contributed by atoms with van der Waals surface area (Å²) in [4.78, 5) is 18.8. The van der Waals surface area contributed by atoms with Crippen molar-refractivity contribution < 1.29 is 4.79 Å². The molecule has 194 valence electrons. The SMILES string of the molecule is CCC(=O)Nc1ccc(N2C(=S)N[C@@H](c3ccccn3)[C@@H]2c2cc(C)n(-c3ccccc3Cl)c2C)cc1C.